The van der Waals surface area contributed by atoms with Crippen LogP contribution < -0.4 is 0 Å². The van der Waals surface area contributed by atoms with Gasteiger partial charge in [0.2, 0.25) is 5.95 Å². The molecule has 0 saturated heterocycles. The molecule has 9 heteroatoms. The smallest absolute Gasteiger partial charge is 0.331 e. The zero-order valence-corrected chi connectivity index (χ0v) is 14.8. The lowest BCUT2D eigenvalue weighted by Gasteiger charge is -2.25. The Morgan fingerprint density at radius 1 is 1.38 bits per heavy atom. The number of alkyl halides is 3. The molecule has 1 heterocycles. The number of halogens is 5. The Hall–Kier alpha value is -2.09. The molecule has 1 fully saturated rings. The molecular weight excluding hydrogens is 374 g/mol. The summed E-state index contributed by atoms with van der Waals surface area (Å²) in [5, 5.41) is 3.78. The van der Waals surface area contributed by atoms with Crippen LogP contribution in [-0.4, -0.2) is 26.6 Å². The second-order valence-electron chi connectivity index (χ2n) is 6.30. The highest BCUT2D eigenvalue weighted by Gasteiger charge is 2.39. The van der Waals surface area contributed by atoms with Gasteiger partial charge < -0.3 is 4.90 Å². The highest BCUT2D eigenvalue weighted by Crippen LogP contribution is 2.38. The monoisotopic (exact) mass is 389 g/mol. The second kappa shape index (κ2) is 6.57. The van der Waals surface area contributed by atoms with Crippen LogP contribution in [0.4, 0.5) is 17.6 Å². The number of amides is 1. The van der Waals surface area contributed by atoms with Gasteiger partial charge >= 0.3 is 6.18 Å². The number of nitrogens with zero attached hydrogens (tertiary/aromatic N) is 3. The maximum absolute atomic E-state index is 14.3. The molecule has 0 radical (unpaired) electrons. The molecule has 1 aliphatic carbocycles. The predicted octanol–water partition coefficient (Wildman–Crippen LogP) is 4.34. The van der Waals surface area contributed by atoms with Gasteiger partial charge in [-0.1, -0.05) is 17.7 Å². The summed E-state index contributed by atoms with van der Waals surface area (Å²) in [6.07, 6.45) is -3.30. The highest BCUT2D eigenvalue weighted by atomic mass is 35.5. The number of aryl methyl sites for hydroxylation is 2. The minimum atomic E-state index is -4.60. The van der Waals surface area contributed by atoms with Crippen LogP contribution in [0.5, 0.6) is 0 Å². The topological polar surface area (TPSA) is 38.1 Å². The summed E-state index contributed by atoms with van der Waals surface area (Å²) in [6.45, 7) is 1.14. The molecule has 0 spiro atoms. The molecule has 0 atom stereocenters. The maximum atomic E-state index is 14.3. The molecule has 1 aromatic heterocycles. The van der Waals surface area contributed by atoms with E-state index in [1.54, 1.807) is 0 Å². The number of carbonyl (C=O) groups is 1. The first-order valence-corrected chi connectivity index (χ1v) is 8.33. The molecule has 0 unspecified atom stereocenters. The Morgan fingerprint density at radius 2 is 2.04 bits per heavy atom. The molecule has 0 bridgehead atoms. The Bertz CT molecular complexity index is 858. The van der Waals surface area contributed by atoms with Gasteiger partial charge in [0.05, 0.1) is 11.3 Å². The molecule has 1 amide bonds. The minimum absolute atomic E-state index is 0.0818. The third kappa shape index (κ3) is 3.42. The van der Waals surface area contributed by atoms with E-state index < -0.39 is 23.6 Å². The van der Waals surface area contributed by atoms with Gasteiger partial charge in [-0.3, -0.25) is 4.79 Å². The molecule has 0 N–H and O–H groups in total. The van der Waals surface area contributed by atoms with Crippen molar-refractivity contribution in [1.29, 1.82) is 0 Å². The van der Waals surface area contributed by atoms with Crippen molar-refractivity contribution < 1.29 is 22.4 Å². The Kier molecular flexibility index (Phi) is 4.72. The van der Waals surface area contributed by atoms with Crippen LogP contribution in [0, 0.1) is 12.9 Å². The molecular formula is C17H16ClF4N3O. The third-order valence-corrected chi connectivity index (χ3v) is 4.72. The standard InChI is InChI=1S/C17H16ClF4N3O/c1-9-14(15(19)24(2)23-9)16(26)25(10-6-7-10)8-11-12(17(20,21)22)4-3-5-13(11)18/h3-5,10H,6-8H2,1-2H3. The normalized spacial score (nSPS) is 14.6. The van der Waals surface area contributed by atoms with Gasteiger partial charge in [0.1, 0.15) is 5.56 Å². The molecule has 0 aliphatic heterocycles. The lowest BCUT2D eigenvalue weighted by molar-refractivity contribution is -0.138. The van der Waals surface area contributed by atoms with Gasteiger partial charge in [-0.05, 0) is 31.9 Å². The van der Waals surface area contributed by atoms with Crippen LogP contribution >= 0.6 is 11.6 Å². The van der Waals surface area contributed by atoms with Crippen LogP contribution in [0.25, 0.3) is 0 Å². The zero-order chi connectivity index (χ0) is 19.2. The van der Waals surface area contributed by atoms with E-state index in [-0.39, 0.29) is 34.4 Å². The van der Waals surface area contributed by atoms with Gasteiger partial charge in [-0.25, -0.2) is 4.68 Å². The fraction of sp³-hybridized carbons (Fsp3) is 0.412. The molecule has 1 aromatic carbocycles. The fourth-order valence-corrected chi connectivity index (χ4v) is 3.16. The van der Waals surface area contributed by atoms with Crippen molar-refractivity contribution in [2.45, 2.75) is 38.5 Å². The molecule has 140 valence electrons. The summed E-state index contributed by atoms with van der Waals surface area (Å²) in [5.74, 6) is -1.49. The predicted molar refractivity (Wildman–Crippen MR) is 87.3 cm³/mol. The van der Waals surface area contributed by atoms with Gasteiger partial charge in [0.15, 0.2) is 0 Å². The number of hydrogen-bond acceptors (Lipinski definition) is 2. The average molecular weight is 390 g/mol. The van der Waals surface area contributed by atoms with Crippen molar-refractivity contribution >= 4 is 17.5 Å². The van der Waals surface area contributed by atoms with Crippen molar-refractivity contribution in [2.75, 3.05) is 0 Å². The SMILES string of the molecule is Cc1nn(C)c(F)c1C(=O)N(Cc1c(Cl)cccc1C(F)(F)F)C1CC1. The number of aromatic nitrogens is 2. The number of rotatable bonds is 4. The molecule has 2 aromatic rings. The average Bonchev–Trinajstić information content (AvgIpc) is 3.33. The van der Waals surface area contributed by atoms with E-state index in [1.807, 2.05) is 0 Å². The van der Waals surface area contributed by atoms with Gasteiger partial charge in [0, 0.05) is 30.2 Å². The largest absolute Gasteiger partial charge is 0.416 e. The number of hydrogen-bond donors (Lipinski definition) is 0. The summed E-state index contributed by atoms with van der Waals surface area (Å²) in [6, 6.07) is 3.24. The molecule has 1 aliphatic rings. The highest BCUT2D eigenvalue weighted by molar-refractivity contribution is 6.31. The van der Waals surface area contributed by atoms with Crippen molar-refractivity contribution in [3.63, 3.8) is 0 Å². The summed E-state index contributed by atoms with van der Waals surface area (Å²) >= 11 is 5.99. The molecule has 26 heavy (non-hydrogen) atoms. The summed E-state index contributed by atoms with van der Waals surface area (Å²) in [4.78, 5) is 14.1. The molecule has 1 saturated carbocycles. The van der Waals surface area contributed by atoms with Crippen LogP contribution in [0.1, 0.15) is 40.0 Å². The van der Waals surface area contributed by atoms with E-state index in [0.29, 0.717) is 12.8 Å². The third-order valence-electron chi connectivity index (χ3n) is 4.37. The number of benzene rings is 1. The van der Waals surface area contributed by atoms with Crippen LogP contribution in [-0.2, 0) is 19.8 Å². The first kappa shape index (κ1) is 18.7. The quantitative estimate of drug-likeness (QED) is 0.729. The van der Waals surface area contributed by atoms with E-state index in [2.05, 4.69) is 5.10 Å². The minimum Gasteiger partial charge on any atom is -0.331 e. The van der Waals surface area contributed by atoms with Gasteiger partial charge in [-0.15, -0.1) is 0 Å². The second-order valence-corrected chi connectivity index (χ2v) is 6.71. The maximum Gasteiger partial charge on any atom is 0.416 e. The zero-order valence-electron chi connectivity index (χ0n) is 14.1. The molecule has 3 rings (SSSR count). The lowest BCUT2D eigenvalue weighted by Crippen LogP contribution is -2.34. The summed E-state index contributed by atoms with van der Waals surface area (Å²) < 4.78 is 55.1. The summed E-state index contributed by atoms with van der Waals surface area (Å²) in [7, 11) is 1.36. The van der Waals surface area contributed by atoms with Crippen molar-refractivity contribution in [1.82, 2.24) is 14.7 Å². The van der Waals surface area contributed by atoms with E-state index in [9.17, 15) is 22.4 Å². The Labute approximate surface area is 152 Å². The first-order valence-electron chi connectivity index (χ1n) is 7.96. The van der Waals surface area contributed by atoms with Crippen LogP contribution in [0.15, 0.2) is 18.2 Å². The van der Waals surface area contributed by atoms with Crippen molar-refractivity contribution in [3.8, 4) is 0 Å². The Balaban J connectivity index is 2.00. The van der Waals surface area contributed by atoms with Crippen LogP contribution in [0.2, 0.25) is 5.02 Å². The van der Waals surface area contributed by atoms with E-state index in [1.165, 1.54) is 31.0 Å². The van der Waals surface area contributed by atoms with E-state index in [4.69, 9.17) is 11.6 Å². The molecule has 4 nitrogen and oxygen atoms in total. The van der Waals surface area contributed by atoms with E-state index in [0.717, 1.165) is 10.7 Å². The Morgan fingerprint density at radius 3 is 2.54 bits per heavy atom. The van der Waals surface area contributed by atoms with E-state index >= 15 is 0 Å². The van der Waals surface area contributed by atoms with Crippen molar-refractivity contribution in [3.05, 3.63) is 51.6 Å². The van der Waals surface area contributed by atoms with Crippen LogP contribution in [0.3, 0.4) is 0 Å². The lowest BCUT2D eigenvalue weighted by atomic mass is 10.1. The number of carbonyl (C=O) groups excluding carboxylic acids is 1. The van der Waals surface area contributed by atoms with Crippen molar-refractivity contribution in [2.24, 2.45) is 7.05 Å². The first-order chi connectivity index (χ1) is 12.1. The van der Waals surface area contributed by atoms with Gasteiger partial charge in [0.25, 0.3) is 5.91 Å². The van der Waals surface area contributed by atoms with Gasteiger partial charge in [-0.2, -0.15) is 22.7 Å². The summed E-state index contributed by atoms with van der Waals surface area (Å²) in [5.41, 5.74) is -1.12. The fourth-order valence-electron chi connectivity index (χ4n) is 2.92.